The molecule has 6 heteroatoms. The van der Waals surface area contributed by atoms with Crippen LogP contribution < -0.4 is 4.90 Å². The highest BCUT2D eigenvalue weighted by Gasteiger charge is 2.41. The Morgan fingerprint density at radius 1 is 1.19 bits per heavy atom. The maximum absolute atomic E-state index is 13.0. The fraction of sp³-hybridized carbons (Fsp3) is 0.550. The molecule has 1 aromatic carbocycles. The zero-order chi connectivity index (χ0) is 18.8. The normalized spacial score (nSPS) is 23.3. The van der Waals surface area contributed by atoms with Crippen molar-refractivity contribution in [2.75, 3.05) is 25.1 Å². The molecule has 2 fully saturated rings. The van der Waals surface area contributed by atoms with Gasteiger partial charge in [0.15, 0.2) is 0 Å². The Kier molecular flexibility index (Phi) is 5.30. The zero-order valence-electron chi connectivity index (χ0n) is 15.7. The van der Waals surface area contributed by atoms with Crippen molar-refractivity contribution >= 4 is 23.5 Å². The van der Waals surface area contributed by atoms with E-state index in [4.69, 9.17) is 4.74 Å². The van der Waals surface area contributed by atoms with Gasteiger partial charge in [-0.2, -0.15) is 0 Å². The topological polar surface area (TPSA) is 66.9 Å². The van der Waals surface area contributed by atoms with Crippen LogP contribution in [0.15, 0.2) is 18.2 Å². The van der Waals surface area contributed by atoms with E-state index in [1.54, 1.807) is 9.80 Å². The van der Waals surface area contributed by atoms with E-state index in [2.05, 4.69) is 0 Å². The van der Waals surface area contributed by atoms with Crippen LogP contribution in [0.2, 0.25) is 0 Å². The molecule has 2 atom stereocenters. The second-order valence-corrected chi connectivity index (χ2v) is 7.19. The van der Waals surface area contributed by atoms with Gasteiger partial charge in [0.2, 0.25) is 11.8 Å². The van der Waals surface area contributed by atoms with Crippen LogP contribution in [0.5, 0.6) is 0 Å². The molecule has 2 aliphatic heterocycles. The fourth-order valence-corrected chi connectivity index (χ4v) is 3.94. The smallest absolute Gasteiger partial charge is 0.328 e. The highest BCUT2D eigenvalue weighted by molar-refractivity contribution is 6.01. The lowest BCUT2D eigenvalue weighted by atomic mass is 9.98. The molecule has 3 rings (SSSR count). The molecule has 26 heavy (non-hydrogen) atoms. The maximum Gasteiger partial charge on any atom is 0.328 e. The summed E-state index contributed by atoms with van der Waals surface area (Å²) in [6.07, 6.45) is 2.60. The van der Waals surface area contributed by atoms with E-state index in [1.807, 2.05) is 32.0 Å². The van der Waals surface area contributed by atoms with Gasteiger partial charge < -0.3 is 14.5 Å². The monoisotopic (exact) mass is 358 g/mol. The van der Waals surface area contributed by atoms with Gasteiger partial charge >= 0.3 is 5.97 Å². The number of rotatable bonds is 3. The summed E-state index contributed by atoms with van der Waals surface area (Å²) >= 11 is 0. The standard InChI is InChI=1S/C20H26N2O4/c1-13-7-6-9-16(14(13)2)22-12-15(11-18(22)23)19(24)21-10-5-4-8-17(21)20(25)26-3/h6-7,9,15,17H,4-5,8,10-12H2,1-3H3. The number of hydrogen-bond donors (Lipinski definition) is 0. The van der Waals surface area contributed by atoms with Crippen molar-refractivity contribution < 1.29 is 19.1 Å². The molecule has 0 radical (unpaired) electrons. The highest BCUT2D eigenvalue weighted by atomic mass is 16.5. The van der Waals surface area contributed by atoms with E-state index in [9.17, 15) is 14.4 Å². The summed E-state index contributed by atoms with van der Waals surface area (Å²) in [5.41, 5.74) is 3.04. The van der Waals surface area contributed by atoms with Crippen molar-refractivity contribution in [3.63, 3.8) is 0 Å². The second kappa shape index (κ2) is 7.48. The van der Waals surface area contributed by atoms with Crippen LogP contribution in [0.4, 0.5) is 5.69 Å². The first kappa shape index (κ1) is 18.4. The molecule has 0 aromatic heterocycles. The number of ether oxygens (including phenoxy) is 1. The average Bonchev–Trinajstić information content (AvgIpc) is 3.04. The van der Waals surface area contributed by atoms with Crippen LogP contribution in [-0.2, 0) is 19.1 Å². The molecule has 2 heterocycles. The van der Waals surface area contributed by atoms with Crippen LogP contribution >= 0.6 is 0 Å². The fourth-order valence-electron chi connectivity index (χ4n) is 3.94. The van der Waals surface area contributed by atoms with Crippen LogP contribution in [0.3, 0.4) is 0 Å². The molecule has 140 valence electrons. The third-order valence-corrected chi connectivity index (χ3v) is 5.60. The minimum atomic E-state index is -0.522. The minimum Gasteiger partial charge on any atom is -0.467 e. The van der Waals surface area contributed by atoms with Crippen LogP contribution in [0.25, 0.3) is 0 Å². The first-order valence-electron chi connectivity index (χ1n) is 9.19. The van der Waals surface area contributed by atoms with Gasteiger partial charge in [0, 0.05) is 25.2 Å². The highest BCUT2D eigenvalue weighted by Crippen LogP contribution is 2.31. The number of amides is 2. The summed E-state index contributed by atoms with van der Waals surface area (Å²) in [7, 11) is 1.35. The maximum atomic E-state index is 13.0. The SMILES string of the molecule is COC(=O)C1CCCCN1C(=O)C1CC(=O)N(c2cccc(C)c2C)C1. The van der Waals surface area contributed by atoms with Gasteiger partial charge in [-0.25, -0.2) is 4.79 Å². The molecule has 2 saturated heterocycles. The van der Waals surface area contributed by atoms with Crippen LogP contribution in [0.1, 0.15) is 36.8 Å². The summed E-state index contributed by atoms with van der Waals surface area (Å²) in [5.74, 6) is -0.925. The lowest BCUT2D eigenvalue weighted by Crippen LogP contribution is -2.50. The summed E-state index contributed by atoms with van der Waals surface area (Å²) in [5, 5.41) is 0. The predicted molar refractivity (Wildman–Crippen MR) is 97.7 cm³/mol. The molecular weight excluding hydrogens is 332 g/mol. The number of carbonyl (C=O) groups excluding carboxylic acids is 3. The molecule has 2 unspecified atom stereocenters. The molecule has 0 aliphatic carbocycles. The first-order chi connectivity index (χ1) is 12.4. The van der Waals surface area contributed by atoms with E-state index >= 15 is 0 Å². The second-order valence-electron chi connectivity index (χ2n) is 7.19. The Morgan fingerprint density at radius 3 is 2.69 bits per heavy atom. The Balaban J connectivity index is 1.78. The Hall–Kier alpha value is -2.37. The number of nitrogens with zero attached hydrogens (tertiary/aromatic N) is 2. The summed E-state index contributed by atoms with van der Waals surface area (Å²) < 4.78 is 4.86. The van der Waals surface area contributed by atoms with Gasteiger partial charge in [-0.3, -0.25) is 9.59 Å². The van der Waals surface area contributed by atoms with E-state index < -0.39 is 12.0 Å². The van der Waals surface area contributed by atoms with Gasteiger partial charge in [-0.1, -0.05) is 12.1 Å². The van der Waals surface area contributed by atoms with Gasteiger partial charge in [0.1, 0.15) is 6.04 Å². The van der Waals surface area contributed by atoms with Gasteiger partial charge in [-0.15, -0.1) is 0 Å². The number of aryl methyl sites for hydroxylation is 1. The van der Waals surface area contributed by atoms with Gasteiger partial charge in [0.25, 0.3) is 0 Å². The summed E-state index contributed by atoms with van der Waals surface area (Å²) in [4.78, 5) is 41.0. The quantitative estimate of drug-likeness (QED) is 0.777. The van der Waals surface area contributed by atoms with Gasteiger partial charge in [0.05, 0.1) is 13.0 Å². The molecule has 2 aliphatic rings. The lowest BCUT2D eigenvalue weighted by molar-refractivity contribution is -0.156. The molecule has 2 amide bonds. The van der Waals surface area contributed by atoms with E-state index in [1.165, 1.54) is 7.11 Å². The molecule has 0 N–H and O–H groups in total. The third-order valence-electron chi connectivity index (χ3n) is 5.60. The number of carbonyl (C=O) groups is 3. The Morgan fingerprint density at radius 2 is 1.96 bits per heavy atom. The van der Waals surface area contributed by atoms with Crippen molar-refractivity contribution in [3.05, 3.63) is 29.3 Å². The van der Waals surface area contributed by atoms with Crippen LogP contribution in [0, 0.1) is 19.8 Å². The predicted octanol–water partition coefficient (Wildman–Crippen LogP) is 2.21. The van der Waals surface area contributed by atoms with Crippen molar-refractivity contribution in [1.82, 2.24) is 4.90 Å². The zero-order valence-corrected chi connectivity index (χ0v) is 15.7. The molecule has 0 bridgehead atoms. The van der Waals surface area contributed by atoms with Crippen molar-refractivity contribution in [1.29, 1.82) is 0 Å². The Bertz CT molecular complexity index is 731. The number of esters is 1. The molecule has 0 spiro atoms. The number of piperidine rings is 1. The number of benzene rings is 1. The van der Waals surface area contributed by atoms with E-state index in [0.717, 1.165) is 29.7 Å². The minimum absolute atomic E-state index is 0.0383. The number of hydrogen-bond acceptors (Lipinski definition) is 4. The summed E-state index contributed by atoms with van der Waals surface area (Å²) in [6, 6.07) is 5.34. The van der Waals surface area contributed by atoms with Gasteiger partial charge in [-0.05, 0) is 50.3 Å². The number of likely N-dealkylation sites (tertiary alicyclic amines) is 1. The van der Waals surface area contributed by atoms with Crippen molar-refractivity contribution in [2.45, 2.75) is 45.6 Å². The first-order valence-corrected chi connectivity index (χ1v) is 9.19. The third kappa shape index (κ3) is 3.32. The van der Waals surface area contributed by atoms with E-state index in [-0.39, 0.29) is 24.2 Å². The lowest BCUT2D eigenvalue weighted by Gasteiger charge is -2.35. The number of methoxy groups -OCH3 is 1. The average molecular weight is 358 g/mol. The van der Waals surface area contributed by atoms with E-state index in [0.29, 0.717) is 19.5 Å². The Labute approximate surface area is 154 Å². The largest absolute Gasteiger partial charge is 0.467 e. The van der Waals surface area contributed by atoms with Crippen molar-refractivity contribution in [3.8, 4) is 0 Å². The van der Waals surface area contributed by atoms with Crippen molar-refractivity contribution in [2.24, 2.45) is 5.92 Å². The molecule has 6 nitrogen and oxygen atoms in total. The number of anilines is 1. The summed E-state index contributed by atoms with van der Waals surface area (Å²) in [6.45, 7) is 4.92. The van der Waals surface area contributed by atoms with Crippen LogP contribution in [-0.4, -0.2) is 48.9 Å². The molecule has 0 saturated carbocycles. The molecular formula is C20H26N2O4. The molecule has 1 aromatic rings.